The minimum absolute atomic E-state index is 0.102. The number of pyridine rings is 1. The number of methoxy groups -OCH3 is 1. The van der Waals surface area contributed by atoms with E-state index in [1.165, 1.54) is 37.8 Å². The monoisotopic (exact) mass is 467 g/mol. The number of rotatable bonds is 6. The topological polar surface area (TPSA) is 89.2 Å². The Morgan fingerprint density at radius 3 is 2.76 bits per heavy atom. The normalized spacial score (nSPS) is 27.4. The molecule has 1 saturated carbocycles. The number of aromatic nitrogens is 2. The number of guanidine groups is 1. The molecule has 5 rings (SSSR count). The summed E-state index contributed by atoms with van der Waals surface area (Å²) in [7, 11) is 1.84. The van der Waals surface area contributed by atoms with E-state index >= 15 is 0 Å². The Morgan fingerprint density at radius 2 is 2.03 bits per heavy atom. The summed E-state index contributed by atoms with van der Waals surface area (Å²) in [6, 6.07) is 4.87. The van der Waals surface area contributed by atoms with E-state index in [4.69, 9.17) is 10.1 Å². The molecular formula is C25H37N7O2. The molecule has 34 heavy (non-hydrogen) atoms. The van der Waals surface area contributed by atoms with E-state index in [-0.39, 0.29) is 11.9 Å². The van der Waals surface area contributed by atoms with Crippen LogP contribution in [0.15, 0.2) is 24.5 Å². The lowest BCUT2D eigenvalue weighted by molar-refractivity contribution is -0.119. The Kier molecular flexibility index (Phi) is 6.85. The van der Waals surface area contributed by atoms with Crippen LogP contribution in [-0.4, -0.2) is 83.3 Å². The average Bonchev–Trinajstić information content (AvgIpc) is 3.24. The number of carbonyl (C=O) groups is 1. The van der Waals surface area contributed by atoms with Gasteiger partial charge in [0, 0.05) is 65.0 Å². The second-order valence-corrected chi connectivity index (χ2v) is 10.2. The number of amides is 1. The predicted molar refractivity (Wildman–Crippen MR) is 132 cm³/mol. The molecule has 9 heteroatoms. The highest BCUT2D eigenvalue weighted by atomic mass is 16.5. The van der Waals surface area contributed by atoms with Gasteiger partial charge >= 0.3 is 0 Å². The minimum atomic E-state index is -0.102. The van der Waals surface area contributed by atoms with Crippen LogP contribution >= 0.6 is 0 Å². The second kappa shape index (κ2) is 10.0. The van der Waals surface area contributed by atoms with Crippen LogP contribution in [0.3, 0.4) is 0 Å². The van der Waals surface area contributed by atoms with Crippen LogP contribution in [0.5, 0.6) is 0 Å². The van der Waals surface area contributed by atoms with Crippen molar-refractivity contribution in [3.8, 4) is 0 Å². The van der Waals surface area contributed by atoms with Crippen molar-refractivity contribution in [2.45, 2.75) is 57.7 Å². The van der Waals surface area contributed by atoms with Gasteiger partial charge in [-0.15, -0.1) is 0 Å². The van der Waals surface area contributed by atoms with Gasteiger partial charge in [-0.25, -0.2) is 4.52 Å². The SMILES string of the molecule is COC1CCC(CN2CCN(Cc3ccn4ncc(N5CCC(=O)NC5=N)c4c3)C[C@@H]2C)CC1. The largest absolute Gasteiger partial charge is 0.381 e. The second-order valence-electron chi connectivity index (χ2n) is 10.2. The minimum Gasteiger partial charge on any atom is -0.381 e. The van der Waals surface area contributed by atoms with E-state index < -0.39 is 0 Å². The summed E-state index contributed by atoms with van der Waals surface area (Å²) in [5, 5.41) is 15.3. The molecule has 4 heterocycles. The zero-order chi connectivity index (χ0) is 23.7. The van der Waals surface area contributed by atoms with Crippen molar-refractivity contribution in [1.82, 2.24) is 24.7 Å². The van der Waals surface area contributed by atoms with Gasteiger partial charge in [0.1, 0.15) is 0 Å². The van der Waals surface area contributed by atoms with Gasteiger partial charge in [0.2, 0.25) is 11.9 Å². The highest BCUT2D eigenvalue weighted by molar-refractivity contribution is 6.08. The van der Waals surface area contributed by atoms with Crippen molar-refractivity contribution in [2.75, 3.05) is 44.7 Å². The van der Waals surface area contributed by atoms with Crippen molar-refractivity contribution in [3.63, 3.8) is 0 Å². The third-order valence-electron chi connectivity index (χ3n) is 7.82. The molecule has 0 bridgehead atoms. The molecular weight excluding hydrogens is 430 g/mol. The Balaban J connectivity index is 1.20. The number of nitrogens with one attached hydrogen (secondary N) is 2. The number of anilines is 1. The van der Waals surface area contributed by atoms with Gasteiger partial charge in [-0.2, -0.15) is 5.10 Å². The molecule has 9 nitrogen and oxygen atoms in total. The maximum absolute atomic E-state index is 11.6. The molecule has 2 aromatic rings. The molecule has 0 spiro atoms. The fourth-order valence-corrected chi connectivity index (χ4v) is 5.77. The fraction of sp³-hybridized carbons (Fsp3) is 0.640. The summed E-state index contributed by atoms with van der Waals surface area (Å²) in [4.78, 5) is 18.7. The quantitative estimate of drug-likeness (QED) is 0.678. The number of fused-ring (bicyclic) bond motifs is 1. The number of nitrogens with zero attached hydrogens (tertiary/aromatic N) is 5. The van der Waals surface area contributed by atoms with Crippen molar-refractivity contribution < 1.29 is 9.53 Å². The molecule has 2 aliphatic heterocycles. The molecule has 3 fully saturated rings. The average molecular weight is 468 g/mol. The van der Waals surface area contributed by atoms with Crippen LogP contribution in [0, 0.1) is 11.3 Å². The van der Waals surface area contributed by atoms with Gasteiger partial charge in [-0.1, -0.05) is 0 Å². The van der Waals surface area contributed by atoms with Gasteiger partial charge < -0.3 is 9.64 Å². The summed E-state index contributed by atoms with van der Waals surface area (Å²) >= 11 is 0. The first-order chi connectivity index (χ1) is 16.5. The van der Waals surface area contributed by atoms with Gasteiger partial charge in [0.05, 0.1) is 23.5 Å². The van der Waals surface area contributed by atoms with Gasteiger partial charge in [0.15, 0.2) is 0 Å². The molecule has 2 saturated heterocycles. The Labute approximate surface area is 201 Å². The number of ether oxygens (including phenoxy) is 1. The van der Waals surface area contributed by atoms with E-state index in [0.717, 1.165) is 43.3 Å². The van der Waals surface area contributed by atoms with E-state index in [1.807, 2.05) is 22.7 Å². The standard InChI is InChI=1S/C25H37N7O2/c1-18-15-29(11-12-30(18)17-19-3-5-21(34-2)6-4-19)16-20-7-10-32-22(13-20)23(14-27-32)31-9-8-24(33)28-25(31)26/h7,10,13-14,18-19,21H,3-6,8-9,11-12,15-17H2,1-2H3,(H2,26,28,33)/t18-,19?,21?/m0/s1. The van der Waals surface area contributed by atoms with Crippen molar-refractivity contribution >= 4 is 23.1 Å². The smallest absolute Gasteiger partial charge is 0.228 e. The third kappa shape index (κ3) is 4.96. The van der Waals surface area contributed by atoms with E-state index in [9.17, 15) is 4.79 Å². The van der Waals surface area contributed by atoms with Crippen LogP contribution in [0.2, 0.25) is 0 Å². The van der Waals surface area contributed by atoms with Gasteiger partial charge in [-0.05, 0) is 56.2 Å². The highest BCUT2D eigenvalue weighted by Crippen LogP contribution is 2.28. The molecule has 3 aliphatic rings. The van der Waals surface area contributed by atoms with Gasteiger partial charge in [0.25, 0.3) is 0 Å². The van der Waals surface area contributed by atoms with E-state index in [1.54, 1.807) is 6.20 Å². The molecule has 1 atom stereocenters. The Bertz CT molecular complexity index is 1030. The summed E-state index contributed by atoms with van der Waals surface area (Å²) in [6.45, 7) is 8.27. The van der Waals surface area contributed by atoms with Crippen molar-refractivity contribution in [1.29, 1.82) is 5.41 Å². The summed E-state index contributed by atoms with van der Waals surface area (Å²) in [5.74, 6) is 0.827. The predicted octanol–water partition coefficient (Wildman–Crippen LogP) is 2.31. The van der Waals surface area contributed by atoms with Gasteiger partial charge in [-0.3, -0.25) is 25.3 Å². The molecule has 184 valence electrons. The maximum atomic E-state index is 11.6. The first kappa shape index (κ1) is 23.3. The Morgan fingerprint density at radius 1 is 1.21 bits per heavy atom. The Hall–Kier alpha value is -2.49. The molecule has 2 N–H and O–H groups in total. The van der Waals surface area contributed by atoms with Crippen LogP contribution in [0.25, 0.3) is 5.52 Å². The van der Waals surface area contributed by atoms with E-state index in [0.29, 0.717) is 25.1 Å². The van der Waals surface area contributed by atoms with Crippen molar-refractivity contribution in [3.05, 3.63) is 30.1 Å². The fourth-order valence-electron chi connectivity index (χ4n) is 5.77. The molecule has 0 unspecified atom stereocenters. The maximum Gasteiger partial charge on any atom is 0.228 e. The third-order valence-corrected chi connectivity index (χ3v) is 7.82. The number of hydrogen-bond donors (Lipinski definition) is 2. The summed E-state index contributed by atoms with van der Waals surface area (Å²) in [6.07, 6.45) is 9.63. The first-order valence-corrected chi connectivity index (χ1v) is 12.6. The molecule has 1 amide bonds. The van der Waals surface area contributed by atoms with Crippen LogP contribution in [0.1, 0.15) is 44.6 Å². The first-order valence-electron chi connectivity index (χ1n) is 12.6. The number of hydrogen-bond acceptors (Lipinski definition) is 6. The lowest BCUT2D eigenvalue weighted by atomic mass is 9.86. The van der Waals surface area contributed by atoms with Crippen LogP contribution in [-0.2, 0) is 16.1 Å². The summed E-state index contributed by atoms with van der Waals surface area (Å²) < 4.78 is 7.39. The summed E-state index contributed by atoms with van der Waals surface area (Å²) in [5.41, 5.74) is 3.09. The van der Waals surface area contributed by atoms with Crippen molar-refractivity contribution in [2.24, 2.45) is 5.92 Å². The lowest BCUT2D eigenvalue weighted by Crippen LogP contribution is -2.52. The highest BCUT2D eigenvalue weighted by Gasteiger charge is 2.29. The van der Waals surface area contributed by atoms with Crippen LogP contribution < -0.4 is 10.2 Å². The zero-order valence-corrected chi connectivity index (χ0v) is 20.4. The zero-order valence-electron chi connectivity index (χ0n) is 20.4. The molecule has 0 aromatic carbocycles. The molecule has 2 aromatic heterocycles. The number of piperazine rings is 1. The molecule has 1 aliphatic carbocycles. The van der Waals surface area contributed by atoms with Crippen LogP contribution in [0.4, 0.5) is 5.69 Å². The van der Waals surface area contributed by atoms with E-state index in [2.05, 4.69) is 39.3 Å². The number of carbonyl (C=O) groups excluding carboxylic acids is 1. The lowest BCUT2D eigenvalue weighted by Gasteiger charge is -2.42. The molecule has 0 radical (unpaired) electrons.